The van der Waals surface area contributed by atoms with Crippen molar-refractivity contribution >= 4 is 10.9 Å². The molecule has 0 fully saturated rings. The molecule has 0 atom stereocenters. The Morgan fingerprint density at radius 2 is 2.00 bits per heavy atom. The van der Waals surface area contributed by atoms with E-state index in [0.717, 1.165) is 10.1 Å². The van der Waals surface area contributed by atoms with Crippen molar-refractivity contribution < 1.29 is 0 Å². The van der Waals surface area contributed by atoms with Crippen molar-refractivity contribution in [3.05, 3.63) is 44.6 Å². The van der Waals surface area contributed by atoms with Gasteiger partial charge in [0.25, 0.3) is 5.56 Å². The fourth-order valence-electron chi connectivity index (χ4n) is 1.88. The Morgan fingerprint density at radius 3 is 2.62 bits per heavy atom. The molecule has 0 unspecified atom stereocenters. The van der Waals surface area contributed by atoms with Gasteiger partial charge in [0, 0.05) is 7.05 Å². The Morgan fingerprint density at radius 1 is 1.31 bits per heavy atom. The lowest BCUT2D eigenvalue weighted by atomic mass is 10.1. The van der Waals surface area contributed by atoms with Crippen molar-refractivity contribution in [3.63, 3.8) is 0 Å². The fourth-order valence-corrected chi connectivity index (χ4v) is 1.88. The van der Waals surface area contributed by atoms with E-state index in [2.05, 4.69) is 0 Å². The van der Waals surface area contributed by atoms with Gasteiger partial charge in [-0.3, -0.25) is 9.36 Å². The molecule has 1 heterocycles. The van der Waals surface area contributed by atoms with Crippen LogP contribution >= 0.6 is 0 Å². The Hall–Kier alpha value is -1.88. The average Bonchev–Trinajstić information content (AvgIpc) is 2.26. The summed E-state index contributed by atoms with van der Waals surface area (Å²) in [5.74, 6) is 0. The van der Waals surface area contributed by atoms with Gasteiger partial charge >= 0.3 is 5.69 Å². The first-order valence-electron chi connectivity index (χ1n) is 4.97. The molecule has 1 aromatic carbocycles. The van der Waals surface area contributed by atoms with Crippen LogP contribution in [-0.4, -0.2) is 9.13 Å². The van der Waals surface area contributed by atoms with Crippen molar-refractivity contribution in [3.8, 4) is 0 Å². The number of aromatic nitrogens is 2. The number of hydrogen-bond donors (Lipinski definition) is 1. The summed E-state index contributed by atoms with van der Waals surface area (Å²) < 4.78 is 2.48. The molecule has 0 bridgehead atoms. The normalized spacial score (nSPS) is 10.9. The summed E-state index contributed by atoms with van der Waals surface area (Å²) in [5, 5.41) is 0.551. The second-order valence-electron chi connectivity index (χ2n) is 3.73. The van der Waals surface area contributed by atoms with Gasteiger partial charge < -0.3 is 5.73 Å². The van der Waals surface area contributed by atoms with E-state index in [1.807, 2.05) is 19.1 Å². The summed E-state index contributed by atoms with van der Waals surface area (Å²) in [6.07, 6.45) is 0. The molecule has 5 heteroatoms. The summed E-state index contributed by atoms with van der Waals surface area (Å²) in [6, 6.07) is 5.42. The van der Waals surface area contributed by atoms with Crippen LogP contribution < -0.4 is 17.0 Å². The van der Waals surface area contributed by atoms with Gasteiger partial charge in [0.2, 0.25) is 0 Å². The molecule has 0 spiro atoms. The third-order valence-electron chi connectivity index (χ3n) is 2.77. The zero-order valence-corrected chi connectivity index (χ0v) is 9.23. The zero-order valence-electron chi connectivity index (χ0n) is 9.23. The van der Waals surface area contributed by atoms with Gasteiger partial charge in [-0.15, -0.1) is 0 Å². The van der Waals surface area contributed by atoms with Crippen LogP contribution in [-0.2, 0) is 13.7 Å². The number of rotatable bonds is 1. The molecular weight excluding hydrogens is 206 g/mol. The number of benzene rings is 1. The van der Waals surface area contributed by atoms with E-state index in [0.29, 0.717) is 10.9 Å². The highest BCUT2D eigenvalue weighted by atomic mass is 16.2. The molecule has 16 heavy (non-hydrogen) atoms. The summed E-state index contributed by atoms with van der Waals surface area (Å²) in [5.41, 5.74) is 6.19. The molecule has 1 aromatic heterocycles. The Balaban J connectivity index is 3.16. The maximum absolute atomic E-state index is 12.0. The van der Waals surface area contributed by atoms with E-state index >= 15 is 0 Å². The van der Waals surface area contributed by atoms with Crippen LogP contribution in [0.25, 0.3) is 10.9 Å². The van der Waals surface area contributed by atoms with E-state index in [4.69, 9.17) is 5.73 Å². The number of fused-ring (bicyclic) bond motifs is 1. The molecule has 84 valence electrons. The van der Waals surface area contributed by atoms with Crippen LogP contribution in [0, 0.1) is 6.92 Å². The van der Waals surface area contributed by atoms with Gasteiger partial charge in [-0.1, -0.05) is 12.1 Å². The number of nitrogens with zero attached hydrogens (tertiary/aromatic N) is 2. The molecule has 0 aliphatic rings. The first kappa shape index (κ1) is 10.6. The lowest BCUT2D eigenvalue weighted by Crippen LogP contribution is -2.41. The van der Waals surface area contributed by atoms with Gasteiger partial charge in [0.1, 0.15) is 0 Å². The molecule has 0 saturated carbocycles. The highest BCUT2D eigenvalue weighted by Gasteiger charge is 2.10. The van der Waals surface area contributed by atoms with E-state index in [1.165, 1.54) is 4.57 Å². The molecule has 2 aromatic rings. The highest BCUT2D eigenvalue weighted by molar-refractivity contribution is 5.81. The maximum atomic E-state index is 12.0. The van der Waals surface area contributed by atoms with E-state index in [9.17, 15) is 9.59 Å². The summed E-state index contributed by atoms with van der Waals surface area (Å²) in [4.78, 5) is 23.8. The van der Waals surface area contributed by atoms with E-state index < -0.39 is 0 Å². The SMILES string of the molecule is Cc1cccc2c1c(=O)n(CN)c(=O)n2C. The topological polar surface area (TPSA) is 70.0 Å². The first-order valence-corrected chi connectivity index (χ1v) is 4.97. The van der Waals surface area contributed by atoms with Gasteiger partial charge in [-0.2, -0.15) is 0 Å². The van der Waals surface area contributed by atoms with Crippen LogP contribution in [0.5, 0.6) is 0 Å². The highest BCUT2D eigenvalue weighted by Crippen LogP contribution is 2.11. The second-order valence-corrected chi connectivity index (χ2v) is 3.73. The average molecular weight is 219 g/mol. The molecule has 5 nitrogen and oxygen atoms in total. The second kappa shape index (κ2) is 3.61. The van der Waals surface area contributed by atoms with Crippen LogP contribution in [0.3, 0.4) is 0 Å². The van der Waals surface area contributed by atoms with Crippen molar-refractivity contribution in [2.24, 2.45) is 12.8 Å². The number of hydrogen-bond acceptors (Lipinski definition) is 3. The van der Waals surface area contributed by atoms with Crippen LogP contribution in [0.2, 0.25) is 0 Å². The van der Waals surface area contributed by atoms with E-state index in [1.54, 1.807) is 13.1 Å². The largest absolute Gasteiger partial charge is 0.332 e. The molecule has 2 rings (SSSR count). The molecule has 0 radical (unpaired) electrons. The van der Waals surface area contributed by atoms with Crippen molar-refractivity contribution in [2.75, 3.05) is 0 Å². The van der Waals surface area contributed by atoms with Crippen molar-refractivity contribution in [2.45, 2.75) is 13.6 Å². The third-order valence-corrected chi connectivity index (χ3v) is 2.77. The summed E-state index contributed by atoms with van der Waals surface area (Å²) in [7, 11) is 1.63. The molecule has 2 N–H and O–H groups in total. The quantitative estimate of drug-likeness (QED) is 0.729. The molecule has 0 saturated heterocycles. The maximum Gasteiger partial charge on any atom is 0.332 e. The monoisotopic (exact) mass is 219 g/mol. The predicted octanol–water partition coefficient (Wildman–Crippen LogP) is -0.0752. The smallest absolute Gasteiger partial charge is 0.313 e. The van der Waals surface area contributed by atoms with Crippen LogP contribution in [0.1, 0.15) is 5.56 Å². The van der Waals surface area contributed by atoms with Crippen molar-refractivity contribution in [1.82, 2.24) is 9.13 Å². The summed E-state index contributed by atoms with van der Waals surface area (Å²) >= 11 is 0. The Bertz CT molecular complexity index is 667. The Labute approximate surface area is 91.7 Å². The van der Waals surface area contributed by atoms with Gasteiger partial charge in [0.15, 0.2) is 0 Å². The van der Waals surface area contributed by atoms with Crippen molar-refractivity contribution in [1.29, 1.82) is 0 Å². The predicted molar refractivity (Wildman–Crippen MR) is 62.4 cm³/mol. The van der Waals surface area contributed by atoms with Crippen LogP contribution in [0.4, 0.5) is 0 Å². The summed E-state index contributed by atoms with van der Waals surface area (Å²) in [6.45, 7) is 1.74. The number of nitrogens with two attached hydrogens (primary N) is 1. The standard InChI is InChI=1S/C11H13N3O2/c1-7-4-3-5-8-9(7)10(15)14(6-12)11(16)13(8)2/h3-5H,6,12H2,1-2H3. The van der Waals surface area contributed by atoms with E-state index in [-0.39, 0.29) is 17.9 Å². The minimum Gasteiger partial charge on any atom is -0.313 e. The molecule has 0 aliphatic carbocycles. The lowest BCUT2D eigenvalue weighted by molar-refractivity contribution is 0.623. The molecule has 0 aliphatic heterocycles. The first-order chi connectivity index (χ1) is 7.57. The lowest BCUT2D eigenvalue weighted by Gasteiger charge is -2.10. The zero-order chi connectivity index (χ0) is 11.9. The van der Waals surface area contributed by atoms with Crippen LogP contribution in [0.15, 0.2) is 27.8 Å². The fraction of sp³-hybridized carbons (Fsp3) is 0.273. The van der Waals surface area contributed by atoms with Gasteiger partial charge in [0.05, 0.1) is 17.6 Å². The Kier molecular flexibility index (Phi) is 2.40. The third kappa shape index (κ3) is 1.29. The molecule has 0 amide bonds. The number of aryl methyl sites for hydroxylation is 2. The minimum absolute atomic E-state index is 0.101. The van der Waals surface area contributed by atoms with Gasteiger partial charge in [-0.05, 0) is 18.6 Å². The minimum atomic E-state index is -0.384. The molecular formula is C11H13N3O2. The van der Waals surface area contributed by atoms with Gasteiger partial charge in [-0.25, -0.2) is 9.36 Å².